The molecule has 11 heteroatoms. The van der Waals surface area contributed by atoms with Gasteiger partial charge in [-0.2, -0.15) is 9.97 Å². The number of β-amino-alcohol motifs (C(OH)–C–C–N with tert-alkyl or cyclic N) is 1. The van der Waals surface area contributed by atoms with Gasteiger partial charge in [-0.25, -0.2) is 13.2 Å². The maximum Gasteiger partial charge on any atom is 0.318 e. The smallest absolute Gasteiger partial charge is 0.318 e. The van der Waals surface area contributed by atoms with Crippen LogP contribution in [0.25, 0.3) is 32.8 Å². The molecule has 4 heterocycles. The molecule has 0 amide bonds. The Morgan fingerprint density at radius 2 is 1.93 bits per heavy atom. The van der Waals surface area contributed by atoms with Gasteiger partial charge in [0.25, 0.3) is 0 Å². The quantitative estimate of drug-likeness (QED) is 0.321. The average Bonchev–Trinajstić information content (AvgIpc) is 3.51. The standard InChI is InChI=1S/C26H21F2N3O4.C7H12FN/c1-3-17-21(27)7-4-14-10-15(32)11-20(22(14)17)18-5-6-19-24(23(18)28)29-26(34-2)30-25(19)31-8-9-35-13-16(33)12-31;8-6-4-7-2-1-3-9(7)5-6/h1,4-7,10-11,16,32-33H,8-9,12-13H2,2H3;6-7H,1-5H2. The minimum absolute atomic E-state index is 0.0286. The van der Waals surface area contributed by atoms with Crippen LogP contribution in [0, 0.1) is 24.0 Å². The van der Waals surface area contributed by atoms with Crippen molar-refractivity contribution in [2.45, 2.75) is 37.6 Å². The van der Waals surface area contributed by atoms with Crippen molar-refractivity contribution in [3.8, 4) is 35.2 Å². The molecule has 3 aliphatic heterocycles. The van der Waals surface area contributed by atoms with Gasteiger partial charge in [0.05, 0.1) is 32.0 Å². The van der Waals surface area contributed by atoms with Crippen molar-refractivity contribution < 1.29 is 32.9 Å². The number of benzene rings is 3. The zero-order chi connectivity index (χ0) is 31.0. The number of fused-ring (bicyclic) bond motifs is 3. The highest BCUT2D eigenvalue weighted by Gasteiger charge is 2.34. The minimum atomic E-state index is -0.742. The molecule has 0 saturated carbocycles. The van der Waals surface area contributed by atoms with Gasteiger partial charge in [-0.15, -0.1) is 6.42 Å². The molecule has 8 nitrogen and oxygen atoms in total. The van der Waals surface area contributed by atoms with E-state index in [0.29, 0.717) is 47.7 Å². The molecule has 3 aromatic carbocycles. The molecule has 0 radical (unpaired) electrons. The van der Waals surface area contributed by atoms with Gasteiger partial charge < -0.3 is 24.6 Å². The number of rotatable bonds is 3. The molecular formula is C33H33F3N4O4. The van der Waals surface area contributed by atoms with Crippen LogP contribution in [0.3, 0.4) is 0 Å². The molecule has 3 unspecified atom stereocenters. The van der Waals surface area contributed by atoms with Gasteiger partial charge in [0, 0.05) is 42.0 Å². The Bertz CT molecular complexity index is 1730. The summed E-state index contributed by atoms with van der Waals surface area (Å²) in [6, 6.07) is 9.18. The van der Waals surface area contributed by atoms with Crippen molar-refractivity contribution in [2.24, 2.45) is 0 Å². The molecule has 4 aromatic rings. The summed E-state index contributed by atoms with van der Waals surface area (Å²) in [5.74, 6) is 1.26. The normalized spacial score (nSPS) is 21.9. The lowest BCUT2D eigenvalue weighted by Crippen LogP contribution is -2.33. The number of terminal acetylenes is 1. The zero-order valence-electron chi connectivity index (χ0n) is 24.3. The van der Waals surface area contributed by atoms with Gasteiger partial charge in [0.1, 0.15) is 29.1 Å². The van der Waals surface area contributed by atoms with E-state index in [1.165, 1.54) is 50.3 Å². The summed E-state index contributed by atoms with van der Waals surface area (Å²) in [4.78, 5) is 12.7. The molecule has 7 rings (SSSR count). The third-order valence-corrected chi connectivity index (χ3v) is 8.44. The Balaban J connectivity index is 0.000000323. The van der Waals surface area contributed by atoms with E-state index in [0.717, 1.165) is 13.0 Å². The number of aromatic nitrogens is 2. The summed E-state index contributed by atoms with van der Waals surface area (Å²) in [6.45, 7) is 3.07. The monoisotopic (exact) mass is 606 g/mol. The van der Waals surface area contributed by atoms with Crippen LogP contribution < -0.4 is 9.64 Å². The summed E-state index contributed by atoms with van der Waals surface area (Å²) < 4.78 is 53.9. The first kappa shape index (κ1) is 29.9. The highest BCUT2D eigenvalue weighted by molar-refractivity contribution is 6.04. The first-order chi connectivity index (χ1) is 21.3. The number of nitrogens with zero attached hydrogens (tertiary/aromatic N) is 4. The van der Waals surface area contributed by atoms with Crippen LogP contribution >= 0.6 is 0 Å². The molecule has 44 heavy (non-hydrogen) atoms. The van der Waals surface area contributed by atoms with E-state index in [4.69, 9.17) is 15.9 Å². The Morgan fingerprint density at radius 1 is 1.09 bits per heavy atom. The van der Waals surface area contributed by atoms with E-state index < -0.39 is 23.9 Å². The molecule has 3 fully saturated rings. The third-order valence-electron chi connectivity index (χ3n) is 8.44. The number of halogens is 3. The van der Waals surface area contributed by atoms with E-state index in [1.807, 2.05) is 0 Å². The van der Waals surface area contributed by atoms with Crippen LogP contribution in [0.1, 0.15) is 24.8 Å². The van der Waals surface area contributed by atoms with Crippen molar-refractivity contribution in [2.75, 3.05) is 51.4 Å². The van der Waals surface area contributed by atoms with E-state index in [-0.39, 0.29) is 47.1 Å². The molecule has 0 bridgehead atoms. The second-order valence-electron chi connectivity index (χ2n) is 11.3. The maximum absolute atomic E-state index is 16.1. The Morgan fingerprint density at radius 3 is 2.70 bits per heavy atom. The summed E-state index contributed by atoms with van der Waals surface area (Å²) in [6.07, 6.45) is 7.65. The van der Waals surface area contributed by atoms with Gasteiger partial charge in [-0.3, -0.25) is 4.90 Å². The fraction of sp³-hybridized carbons (Fsp3) is 0.394. The van der Waals surface area contributed by atoms with Crippen molar-refractivity contribution in [1.29, 1.82) is 0 Å². The largest absolute Gasteiger partial charge is 0.508 e. The molecule has 3 saturated heterocycles. The van der Waals surface area contributed by atoms with E-state index in [1.54, 1.807) is 11.0 Å². The van der Waals surface area contributed by atoms with Crippen molar-refractivity contribution in [3.05, 3.63) is 53.6 Å². The molecule has 3 aliphatic rings. The number of aromatic hydroxyl groups is 1. The summed E-state index contributed by atoms with van der Waals surface area (Å²) in [5.41, 5.74) is 0.242. The number of anilines is 1. The highest BCUT2D eigenvalue weighted by Crippen LogP contribution is 2.40. The van der Waals surface area contributed by atoms with Gasteiger partial charge in [-0.05, 0) is 61.0 Å². The second kappa shape index (κ2) is 12.5. The molecule has 0 aliphatic carbocycles. The number of ether oxygens (including phenoxy) is 2. The minimum Gasteiger partial charge on any atom is -0.508 e. The van der Waals surface area contributed by atoms with E-state index >= 15 is 4.39 Å². The number of aliphatic hydroxyl groups excluding tert-OH is 1. The molecule has 230 valence electrons. The Kier molecular flexibility index (Phi) is 8.49. The van der Waals surface area contributed by atoms with E-state index in [9.17, 15) is 19.0 Å². The number of alkyl halides is 1. The van der Waals surface area contributed by atoms with Gasteiger partial charge in [0.15, 0.2) is 5.82 Å². The van der Waals surface area contributed by atoms with Crippen molar-refractivity contribution in [3.63, 3.8) is 0 Å². The predicted molar refractivity (Wildman–Crippen MR) is 162 cm³/mol. The third kappa shape index (κ3) is 5.73. The van der Waals surface area contributed by atoms with Crippen LogP contribution in [-0.4, -0.2) is 89.9 Å². The highest BCUT2D eigenvalue weighted by atomic mass is 19.1. The maximum atomic E-state index is 16.1. The van der Waals surface area contributed by atoms with Gasteiger partial charge >= 0.3 is 6.01 Å². The van der Waals surface area contributed by atoms with Crippen molar-refractivity contribution >= 4 is 27.5 Å². The summed E-state index contributed by atoms with van der Waals surface area (Å²) >= 11 is 0. The first-order valence-electron chi connectivity index (χ1n) is 14.6. The van der Waals surface area contributed by atoms with Gasteiger partial charge in [0.2, 0.25) is 0 Å². The SMILES string of the molecule is C#Cc1c(F)ccc2cc(O)cc(-c3ccc4c(N5CCOCC(O)C5)nc(OC)nc4c3F)c12.FC1CC2CCCN2C1. The molecule has 3 atom stereocenters. The summed E-state index contributed by atoms with van der Waals surface area (Å²) in [7, 11) is 1.37. The molecular weight excluding hydrogens is 573 g/mol. The molecule has 0 spiro atoms. The number of hydrogen-bond acceptors (Lipinski definition) is 8. The van der Waals surface area contributed by atoms with Crippen LogP contribution in [0.4, 0.5) is 19.0 Å². The number of aliphatic hydroxyl groups is 1. The average molecular weight is 607 g/mol. The first-order valence-corrected chi connectivity index (χ1v) is 14.6. The van der Waals surface area contributed by atoms with Crippen LogP contribution in [0.2, 0.25) is 0 Å². The Hall–Kier alpha value is -4.11. The lowest BCUT2D eigenvalue weighted by Gasteiger charge is -2.24. The van der Waals surface area contributed by atoms with Crippen LogP contribution in [-0.2, 0) is 4.74 Å². The van der Waals surface area contributed by atoms with Crippen LogP contribution in [0.5, 0.6) is 11.8 Å². The lowest BCUT2D eigenvalue weighted by atomic mass is 9.93. The number of phenolic OH excluding ortho intramolecular Hbond substituents is 1. The Labute approximate surface area is 253 Å². The number of phenols is 1. The lowest BCUT2D eigenvalue weighted by molar-refractivity contribution is 0.0597. The fourth-order valence-electron chi connectivity index (χ4n) is 6.46. The molecule has 2 N–H and O–H groups in total. The topological polar surface area (TPSA) is 91.2 Å². The molecule has 1 aromatic heterocycles. The summed E-state index contributed by atoms with van der Waals surface area (Å²) in [5, 5.41) is 21.6. The zero-order valence-corrected chi connectivity index (χ0v) is 24.3. The van der Waals surface area contributed by atoms with Crippen molar-refractivity contribution in [1.82, 2.24) is 14.9 Å². The van der Waals surface area contributed by atoms with Gasteiger partial charge in [-0.1, -0.05) is 18.1 Å². The second-order valence-corrected chi connectivity index (χ2v) is 11.3. The van der Waals surface area contributed by atoms with Crippen LogP contribution in [0.15, 0.2) is 36.4 Å². The fourth-order valence-corrected chi connectivity index (χ4v) is 6.46. The predicted octanol–water partition coefficient (Wildman–Crippen LogP) is 4.81. The van der Waals surface area contributed by atoms with E-state index in [2.05, 4.69) is 20.8 Å². The number of hydrogen-bond donors (Lipinski definition) is 2. The number of methoxy groups -OCH3 is 1.